The summed E-state index contributed by atoms with van der Waals surface area (Å²) in [6.07, 6.45) is 5.11. The number of rotatable bonds is 9. The van der Waals surface area contributed by atoms with E-state index in [2.05, 4.69) is 37.5 Å². The predicted molar refractivity (Wildman–Crippen MR) is 101 cm³/mol. The van der Waals surface area contributed by atoms with Crippen LogP contribution >= 0.6 is 27.3 Å². The lowest BCUT2D eigenvalue weighted by molar-refractivity contribution is 0.305. The summed E-state index contributed by atoms with van der Waals surface area (Å²) < 4.78 is 6.77. The molecule has 2 rings (SSSR count). The van der Waals surface area contributed by atoms with E-state index in [0.717, 1.165) is 35.0 Å². The molecule has 0 bridgehead atoms. The summed E-state index contributed by atoms with van der Waals surface area (Å²) in [5.41, 5.74) is 9.27. The molecule has 0 spiro atoms. The van der Waals surface area contributed by atoms with Gasteiger partial charge in [0.05, 0.1) is 18.9 Å². The van der Waals surface area contributed by atoms with Crippen molar-refractivity contribution in [3.63, 3.8) is 0 Å². The third-order valence-corrected chi connectivity index (χ3v) is 4.31. The Morgan fingerprint density at radius 1 is 1.42 bits per heavy atom. The lowest BCUT2D eigenvalue weighted by atomic mass is 10.2. The lowest BCUT2D eigenvalue weighted by Gasteiger charge is -2.09. The maximum atomic E-state index is 8.51. The van der Waals surface area contributed by atoms with Gasteiger partial charge in [-0.1, -0.05) is 15.9 Å². The van der Waals surface area contributed by atoms with Crippen molar-refractivity contribution in [2.45, 2.75) is 25.7 Å². The summed E-state index contributed by atoms with van der Waals surface area (Å²) >= 11 is 4.84. The highest BCUT2D eigenvalue weighted by Gasteiger charge is 2.03. The minimum atomic E-state index is 0.473. The van der Waals surface area contributed by atoms with Crippen molar-refractivity contribution in [3.05, 3.63) is 33.6 Å². The number of hydrogen-bond acceptors (Lipinski definition) is 7. The van der Waals surface area contributed by atoms with Crippen molar-refractivity contribution in [3.8, 4) is 11.8 Å². The molecule has 0 aliphatic heterocycles. The van der Waals surface area contributed by atoms with Crippen molar-refractivity contribution in [2.75, 3.05) is 17.8 Å². The highest BCUT2D eigenvalue weighted by molar-refractivity contribution is 9.10. The number of halogens is 1. The molecule has 1 aromatic heterocycles. The van der Waals surface area contributed by atoms with Crippen LogP contribution in [0.4, 0.5) is 10.9 Å². The maximum Gasteiger partial charge on any atom is 0.205 e. The first kappa shape index (κ1) is 18.2. The van der Waals surface area contributed by atoms with Crippen LogP contribution in [-0.4, -0.2) is 17.8 Å². The minimum absolute atomic E-state index is 0.473. The average Bonchev–Trinajstić information content (AvgIpc) is 2.98. The third-order valence-electron chi connectivity index (χ3n) is 3.05. The number of nitrogen functional groups attached to an aromatic ring is 1. The number of nitrogens with two attached hydrogens (primary N) is 1. The SMILES string of the molecule is N#CCCCCCOc1ccc(Br)cc1C=NNc1nc(N)cs1. The first-order chi connectivity index (χ1) is 11.7. The Kier molecular flexibility index (Phi) is 7.52. The number of nitriles is 1. The lowest BCUT2D eigenvalue weighted by Crippen LogP contribution is -2.01. The number of hydrogen-bond donors (Lipinski definition) is 2. The van der Waals surface area contributed by atoms with Gasteiger partial charge in [0, 0.05) is 21.8 Å². The summed E-state index contributed by atoms with van der Waals surface area (Å²) in [6.45, 7) is 0.615. The summed E-state index contributed by atoms with van der Waals surface area (Å²) in [5.74, 6) is 1.24. The second-order valence-corrected chi connectivity index (χ2v) is 6.72. The molecule has 1 heterocycles. The van der Waals surface area contributed by atoms with Crippen LogP contribution in [0.2, 0.25) is 0 Å². The molecular formula is C16H18BrN5OS. The summed E-state index contributed by atoms with van der Waals surface area (Å²) in [5, 5.41) is 15.1. The molecule has 0 aliphatic carbocycles. The molecule has 0 saturated heterocycles. The fourth-order valence-electron chi connectivity index (χ4n) is 1.91. The van der Waals surface area contributed by atoms with Crippen molar-refractivity contribution in [1.82, 2.24) is 4.98 Å². The third kappa shape index (κ3) is 6.18. The monoisotopic (exact) mass is 407 g/mol. The van der Waals surface area contributed by atoms with E-state index < -0.39 is 0 Å². The summed E-state index contributed by atoms with van der Waals surface area (Å²) in [6, 6.07) is 7.92. The zero-order valence-corrected chi connectivity index (χ0v) is 15.4. The van der Waals surface area contributed by atoms with Gasteiger partial charge in [0.25, 0.3) is 0 Å². The van der Waals surface area contributed by atoms with Crippen LogP contribution in [-0.2, 0) is 0 Å². The molecule has 6 nitrogen and oxygen atoms in total. The number of anilines is 2. The number of nitrogens with one attached hydrogen (secondary N) is 1. The Bertz CT molecular complexity index is 725. The Morgan fingerprint density at radius 3 is 3.04 bits per heavy atom. The van der Waals surface area contributed by atoms with E-state index >= 15 is 0 Å². The van der Waals surface area contributed by atoms with Crippen LogP contribution in [0.25, 0.3) is 0 Å². The summed E-state index contributed by atoms with van der Waals surface area (Å²) in [7, 11) is 0. The Morgan fingerprint density at radius 2 is 2.29 bits per heavy atom. The van der Waals surface area contributed by atoms with Gasteiger partial charge in [-0.15, -0.1) is 11.3 Å². The number of unbranched alkanes of at least 4 members (excludes halogenated alkanes) is 3. The number of aromatic nitrogens is 1. The molecule has 2 aromatic rings. The molecule has 0 unspecified atom stereocenters. The van der Waals surface area contributed by atoms with Crippen LogP contribution < -0.4 is 15.9 Å². The van der Waals surface area contributed by atoms with Gasteiger partial charge in [-0.2, -0.15) is 10.4 Å². The normalized spacial score (nSPS) is 10.7. The molecule has 0 atom stereocenters. The smallest absolute Gasteiger partial charge is 0.205 e. The van der Waals surface area contributed by atoms with E-state index in [0.29, 0.717) is 24.0 Å². The number of hydrazone groups is 1. The van der Waals surface area contributed by atoms with E-state index in [9.17, 15) is 0 Å². The maximum absolute atomic E-state index is 8.51. The minimum Gasteiger partial charge on any atom is -0.493 e. The van der Waals surface area contributed by atoms with Crippen LogP contribution in [0.15, 0.2) is 33.2 Å². The number of benzene rings is 1. The molecule has 0 radical (unpaired) electrons. The van der Waals surface area contributed by atoms with E-state index in [4.69, 9.17) is 15.7 Å². The zero-order chi connectivity index (χ0) is 17.2. The first-order valence-corrected chi connectivity index (χ1v) is 9.15. The second-order valence-electron chi connectivity index (χ2n) is 4.95. The molecular weight excluding hydrogens is 390 g/mol. The second kappa shape index (κ2) is 9.90. The molecule has 0 fully saturated rings. The molecule has 1 aromatic carbocycles. The van der Waals surface area contributed by atoms with Crippen molar-refractivity contribution >= 4 is 44.4 Å². The standard InChI is InChI=1S/C16H18BrN5OS/c17-13-5-6-14(23-8-4-2-1-3-7-18)12(9-13)10-20-22-16-21-15(19)11-24-16/h5-6,9-11H,1-4,8,19H2,(H,21,22). The van der Waals surface area contributed by atoms with Crippen LogP contribution in [0.1, 0.15) is 31.2 Å². The number of ether oxygens (including phenoxy) is 1. The number of nitrogens with zero attached hydrogens (tertiary/aromatic N) is 3. The Balaban J connectivity index is 1.90. The topological polar surface area (TPSA) is 96.3 Å². The summed E-state index contributed by atoms with van der Waals surface area (Å²) in [4.78, 5) is 4.08. The van der Waals surface area contributed by atoms with Gasteiger partial charge in [0.1, 0.15) is 11.6 Å². The van der Waals surface area contributed by atoms with Crippen LogP contribution in [0.3, 0.4) is 0 Å². The van der Waals surface area contributed by atoms with Gasteiger partial charge in [0.2, 0.25) is 5.13 Å². The fourth-order valence-corrected chi connectivity index (χ4v) is 2.84. The van der Waals surface area contributed by atoms with Crippen molar-refractivity contribution in [1.29, 1.82) is 5.26 Å². The van der Waals surface area contributed by atoms with Crippen molar-refractivity contribution < 1.29 is 4.74 Å². The highest BCUT2D eigenvalue weighted by atomic mass is 79.9. The van der Waals surface area contributed by atoms with Gasteiger partial charge >= 0.3 is 0 Å². The van der Waals surface area contributed by atoms with E-state index in [1.54, 1.807) is 11.6 Å². The Hall–Kier alpha value is -2.11. The highest BCUT2D eigenvalue weighted by Crippen LogP contribution is 2.22. The molecule has 24 heavy (non-hydrogen) atoms. The molecule has 8 heteroatoms. The predicted octanol–water partition coefficient (Wildman–Crippen LogP) is 4.40. The van der Waals surface area contributed by atoms with Gasteiger partial charge in [-0.3, -0.25) is 5.43 Å². The van der Waals surface area contributed by atoms with E-state index in [-0.39, 0.29) is 0 Å². The van der Waals surface area contributed by atoms with E-state index in [1.807, 2.05) is 18.2 Å². The average molecular weight is 408 g/mol. The molecule has 0 amide bonds. The first-order valence-electron chi connectivity index (χ1n) is 7.48. The quantitative estimate of drug-likeness (QED) is 0.364. The zero-order valence-electron chi connectivity index (χ0n) is 13.0. The van der Waals surface area contributed by atoms with Gasteiger partial charge in [-0.05, 0) is 37.5 Å². The molecule has 126 valence electrons. The van der Waals surface area contributed by atoms with Gasteiger partial charge < -0.3 is 10.5 Å². The molecule has 0 aliphatic rings. The van der Waals surface area contributed by atoms with Crippen LogP contribution in [0.5, 0.6) is 5.75 Å². The number of thiazole rings is 1. The van der Waals surface area contributed by atoms with Crippen LogP contribution in [0, 0.1) is 11.3 Å². The molecule has 3 N–H and O–H groups in total. The largest absolute Gasteiger partial charge is 0.493 e. The molecule has 0 saturated carbocycles. The van der Waals surface area contributed by atoms with Crippen molar-refractivity contribution in [2.24, 2.45) is 5.10 Å². The Labute approximate surface area is 153 Å². The fraction of sp³-hybridized carbons (Fsp3) is 0.312. The van der Waals surface area contributed by atoms with E-state index in [1.165, 1.54) is 11.3 Å². The van der Waals surface area contributed by atoms with Gasteiger partial charge in [0.15, 0.2) is 0 Å². The van der Waals surface area contributed by atoms with Gasteiger partial charge in [-0.25, -0.2) is 4.98 Å².